The maximum absolute atomic E-state index is 10.4. The summed E-state index contributed by atoms with van der Waals surface area (Å²) in [5.74, 6) is -0.450. The summed E-state index contributed by atoms with van der Waals surface area (Å²) in [6.07, 6.45) is 2.56. The van der Waals surface area contributed by atoms with Crippen LogP contribution in [-0.2, 0) is 28.5 Å². The van der Waals surface area contributed by atoms with Crippen molar-refractivity contribution in [2.75, 3.05) is 34.0 Å². The predicted octanol–water partition coefficient (Wildman–Crippen LogP) is 2.34. The minimum absolute atomic E-state index is 0.199. The number of carbonyl (C=O) groups excluding carboxylic acids is 2. The van der Waals surface area contributed by atoms with Gasteiger partial charge in [0.2, 0.25) is 0 Å². The van der Waals surface area contributed by atoms with E-state index in [1.807, 2.05) is 13.8 Å². The molecule has 6 nitrogen and oxygen atoms in total. The molecule has 21 heavy (non-hydrogen) atoms. The SMILES string of the molecule is COC(C)(C)CCOC(C)=O.COCCCCOC(C)=O. The fraction of sp³-hybridized carbons (Fsp3) is 0.867. The molecule has 0 atom stereocenters. The highest BCUT2D eigenvalue weighted by Gasteiger charge is 2.15. The fourth-order valence-electron chi connectivity index (χ4n) is 1.11. The van der Waals surface area contributed by atoms with Crippen LogP contribution in [0, 0.1) is 0 Å². The second kappa shape index (κ2) is 13.8. The van der Waals surface area contributed by atoms with Crippen molar-refractivity contribution in [3.8, 4) is 0 Å². The Morgan fingerprint density at radius 2 is 1.33 bits per heavy atom. The summed E-state index contributed by atoms with van der Waals surface area (Å²) in [4.78, 5) is 20.6. The molecule has 0 bridgehead atoms. The molecule has 0 saturated heterocycles. The van der Waals surface area contributed by atoms with Crippen LogP contribution in [0.25, 0.3) is 0 Å². The summed E-state index contributed by atoms with van der Waals surface area (Å²) in [5, 5.41) is 0. The van der Waals surface area contributed by atoms with E-state index < -0.39 is 0 Å². The number of carbonyl (C=O) groups is 2. The monoisotopic (exact) mass is 306 g/mol. The maximum Gasteiger partial charge on any atom is 0.302 e. The van der Waals surface area contributed by atoms with Gasteiger partial charge in [0.1, 0.15) is 0 Å². The quantitative estimate of drug-likeness (QED) is 0.481. The summed E-state index contributed by atoms with van der Waals surface area (Å²) in [7, 11) is 3.31. The molecule has 0 aromatic carbocycles. The van der Waals surface area contributed by atoms with Gasteiger partial charge >= 0.3 is 11.9 Å². The fourth-order valence-corrected chi connectivity index (χ4v) is 1.11. The van der Waals surface area contributed by atoms with E-state index in [0.717, 1.165) is 25.9 Å². The number of ether oxygens (including phenoxy) is 4. The molecule has 0 spiro atoms. The number of esters is 2. The molecule has 6 heteroatoms. The summed E-state index contributed by atoms with van der Waals surface area (Å²) in [6.45, 7) is 8.40. The van der Waals surface area contributed by atoms with Gasteiger partial charge in [0.05, 0.1) is 18.8 Å². The molecule has 0 radical (unpaired) electrons. The zero-order valence-corrected chi connectivity index (χ0v) is 14.2. The van der Waals surface area contributed by atoms with Crippen molar-refractivity contribution in [2.45, 2.75) is 52.6 Å². The molecule has 0 heterocycles. The lowest BCUT2D eigenvalue weighted by Crippen LogP contribution is -2.24. The largest absolute Gasteiger partial charge is 0.466 e. The lowest BCUT2D eigenvalue weighted by Gasteiger charge is -2.21. The van der Waals surface area contributed by atoms with Crippen LogP contribution in [-0.4, -0.2) is 51.6 Å². The third kappa shape index (κ3) is 21.3. The van der Waals surface area contributed by atoms with Gasteiger partial charge in [0, 0.05) is 41.1 Å². The van der Waals surface area contributed by atoms with E-state index in [1.54, 1.807) is 14.2 Å². The van der Waals surface area contributed by atoms with Crippen molar-refractivity contribution in [1.82, 2.24) is 0 Å². The predicted molar refractivity (Wildman–Crippen MR) is 80.1 cm³/mol. The Bertz CT molecular complexity index is 275. The van der Waals surface area contributed by atoms with Crippen LogP contribution in [0.3, 0.4) is 0 Å². The van der Waals surface area contributed by atoms with Gasteiger partial charge in [-0.15, -0.1) is 0 Å². The van der Waals surface area contributed by atoms with Crippen molar-refractivity contribution >= 4 is 11.9 Å². The Hall–Kier alpha value is -1.14. The van der Waals surface area contributed by atoms with Crippen LogP contribution in [0.1, 0.15) is 47.0 Å². The number of rotatable bonds is 9. The molecule has 0 saturated carbocycles. The Kier molecular flexibility index (Phi) is 14.6. The highest BCUT2D eigenvalue weighted by Crippen LogP contribution is 2.12. The summed E-state index contributed by atoms with van der Waals surface area (Å²) < 4.78 is 19.4. The van der Waals surface area contributed by atoms with Gasteiger partial charge < -0.3 is 18.9 Å². The van der Waals surface area contributed by atoms with Crippen LogP contribution < -0.4 is 0 Å². The number of methoxy groups -OCH3 is 2. The number of hydrogen-bond acceptors (Lipinski definition) is 6. The molecule has 0 aliphatic carbocycles. The first-order valence-electron chi connectivity index (χ1n) is 7.06. The van der Waals surface area contributed by atoms with Crippen LogP contribution in [0.2, 0.25) is 0 Å². The molecule has 0 N–H and O–H groups in total. The van der Waals surface area contributed by atoms with Crippen molar-refractivity contribution in [3.63, 3.8) is 0 Å². The molecule has 0 aliphatic heterocycles. The lowest BCUT2D eigenvalue weighted by atomic mass is 10.1. The smallest absolute Gasteiger partial charge is 0.302 e. The molecule has 0 aromatic heterocycles. The minimum atomic E-state index is -0.239. The molecule has 0 amide bonds. The Morgan fingerprint density at radius 1 is 0.857 bits per heavy atom. The zero-order chi connectivity index (χ0) is 16.7. The summed E-state index contributed by atoms with van der Waals surface area (Å²) in [6, 6.07) is 0. The first-order chi connectivity index (χ1) is 9.75. The van der Waals surface area contributed by atoms with E-state index in [0.29, 0.717) is 13.2 Å². The van der Waals surface area contributed by atoms with E-state index in [9.17, 15) is 9.59 Å². The lowest BCUT2D eigenvalue weighted by molar-refractivity contribution is -0.143. The van der Waals surface area contributed by atoms with Gasteiger partial charge in [-0.25, -0.2) is 0 Å². The minimum Gasteiger partial charge on any atom is -0.466 e. The first-order valence-corrected chi connectivity index (χ1v) is 7.06. The average Bonchev–Trinajstić information content (AvgIpc) is 2.38. The van der Waals surface area contributed by atoms with Gasteiger partial charge in [0.15, 0.2) is 0 Å². The third-order valence-corrected chi connectivity index (χ3v) is 2.61. The first kappa shape index (κ1) is 22.1. The second-order valence-electron chi connectivity index (χ2n) is 5.09. The highest BCUT2D eigenvalue weighted by molar-refractivity contribution is 5.66. The molecule has 0 unspecified atom stereocenters. The molecule has 0 rings (SSSR count). The standard InChI is InChI=1S/C8H16O3.C7H14O3/c1-7(9)11-6-5-8(2,3)10-4;1-7(8)10-6-4-3-5-9-2/h5-6H2,1-4H3;3-6H2,1-2H3. The van der Waals surface area contributed by atoms with E-state index in [2.05, 4.69) is 0 Å². The summed E-state index contributed by atoms with van der Waals surface area (Å²) >= 11 is 0. The van der Waals surface area contributed by atoms with Crippen LogP contribution in [0.5, 0.6) is 0 Å². The van der Waals surface area contributed by atoms with E-state index in [1.165, 1.54) is 13.8 Å². The Labute approximate surface area is 128 Å². The molecular weight excluding hydrogens is 276 g/mol. The second-order valence-corrected chi connectivity index (χ2v) is 5.09. The van der Waals surface area contributed by atoms with Gasteiger partial charge in [-0.1, -0.05) is 0 Å². The van der Waals surface area contributed by atoms with Crippen LogP contribution in [0.15, 0.2) is 0 Å². The van der Waals surface area contributed by atoms with Crippen molar-refractivity contribution in [3.05, 3.63) is 0 Å². The maximum atomic E-state index is 10.4. The Morgan fingerprint density at radius 3 is 1.76 bits per heavy atom. The molecule has 126 valence electrons. The van der Waals surface area contributed by atoms with E-state index in [-0.39, 0.29) is 17.5 Å². The number of unbranched alkanes of at least 4 members (excludes halogenated alkanes) is 1. The molecule has 0 aliphatic rings. The third-order valence-electron chi connectivity index (χ3n) is 2.61. The van der Waals surface area contributed by atoms with Crippen molar-refractivity contribution in [2.24, 2.45) is 0 Å². The van der Waals surface area contributed by atoms with Crippen molar-refractivity contribution in [1.29, 1.82) is 0 Å². The van der Waals surface area contributed by atoms with Gasteiger partial charge in [-0.2, -0.15) is 0 Å². The Balaban J connectivity index is 0. The average molecular weight is 306 g/mol. The van der Waals surface area contributed by atoms with Gasteiger partial charge in [-0.05, 0) is 26.7 Å². The molecular formula is C15H30O6. The van der Waals surface area contributed by atoms with Crippen LogP contribution >= 0.6 is 0 Å². The number of hydrogen-bond donors (Lipinski definition) is 0. The normalized spacial score (nSPS) is 10.4. The molecule has 0 aromatic rings. The van der Waals surface area contributed by atoms with Gasteiger partial charge in [0.25, 0.3) is 0 Å². The van der Waals surface area contributed by atoms with Crippen molar-refractivity contribution < 1.29 is 28.5 Å². The summed E-state index contributed by atoms with van der Waals surface area (Å²) in [5.41, 5.74) is -0.199. The highest BCUT2D eigenvalue weighted by atomic mass is 16.5. The van der Waals surface area contributed by atoms with Gasteiger partial charge in [-0.3, -0.25) is 9.59 Å². The molecule has 0 fully saturated rings. The zero-order valence-electron chi connectivity index (χ0n) is 14.2. The van der Waals surface area contributed by atoms with E-state index in [4.69, 9.17) is 18.9 Å². The van der Waals surface area contributed by atoms with E-state index >= 15 is 0 Å². The topological polar surface area (TPSA) is 71.1 Å². The van der Waals surface area contributed by atoms with Crippen LogP contribution in [0.4, 0.5) is 0 Å².